The number of fused-ring (bicyclic) bond motifs is 6. The fourth-order valence-corrected chi connectivity index (χ4v) is 10.9. The Bertz CT molecular complexity index is 3430. The van der Waals surface area contributed by atoms with Gasteiger partial charge < -0.3 is 4.42 Å². The first-order chi connectivity index (χ1) is 28.9. The second kappa shape index (κ2) is 13.9. The summed E-state index contributed by atoms with van der Waals surface area (Å²) in [6, 6.07) is 60.0. The number of thiophene rings is 1. The van der Waals surface area contributed by atoms with Gasteiger partial charge in [0, 0.05) is 31.1 Å². The van der Waals surface area contributed by atoms with Crippen LogP contribution in [0.2, 0.25) is 0 Å². The summed E-state index contributed by atoms with van der Waals surface area (Å²) in [5.74, 6) is 0.875. The molecule has 0 unspecified atom stereocenters. The van der Waals surface area contributed by atoms with Crippen LogP contribution in [0.5, 0.6) is 0 Å². The molecule has 0 saturated carbocycles. The third-order valence-electron chi connectivity index (χ3n) is 13.1. The van der Waals surface area contributed by atoms with Crippen molar-refractivity contribution in [2.75, 3.05) is 0 Å². The third kappa shape index (κ3) is 5.59. The molecule has 59 heavy (non-hydrogen) atoms. The van der Waals surface area contributed by atoms with Gasteiger partial charge in [-0.15, -0.1) is 27.7 Å². The number of hydrogen-bond donors (Lipinski definition) is 0. The van der Waals surface area contributed by atoms with E-state index in [1.54, 1.807) is 0 Å². The molecule has 11 aromatic rings. The van der Waals surface area contributed by atoms with E-state index in [0.29, 0.717) is 0 Å². The summed E-state index contributed by atoms with van der Waals surface area (Å²) in [5.41, 5.74) is 18.8. The van der Waals surface area contributed by atoms with Gasteiger partial charge >= 0.3 is 0 Å². The second-order valence-corrected chi connectivity index (χ2v) is 17.2. The van der Waals surface area contributed by atoms with E-state index in [9.17, 15) is 0 Å². The van der Waals surface area contributed by atoms with E-state index in [4.69, 9.17) is 4.42 Å². The molecule has 0 atom stereocenters. The molecule has 0 spiro atoms. The smallest absolute Gasteiger partial charge is 0.139 e. The summed E-state index contributed by atoms with van der Waals surface area (Å²) in [7, 11) is 11.5. The van der Waals surface area contributed by atoms with E-state index in [1.165, 1.54) is 108 Å². The Balaban J connectivity index is 1.17. The summed E-state index contributed by atoms with van der Waals surface area (Å²) in [5, 5.41) is 8.83. The maximum Gasteiger partial charge on any atom is 0.139 e. The first-order valence-electron chi connectivity index (χ1n) is 20.5. The maximum absolute atomic E-state index is 6.59. The minimum atomic E-state index is 0.875. The summed E-state index contributed by atoms with van der Waals surface area (Å²) >= 11 is 1.88. The quantitative estimate of drug-likeness (QED) is 0.140. The lowest BCUT2D eigenvalue weighted by Crippen LogP contribution is -2.55. The van der Waals surface area contributed by atoms with Gasteiger partial charge in [0.25, 0.3) is 0 Å². The normalized spacial score (nSPS) is 11.7. The highest BCUT2D eigenvalue weighted by molar-refractivity contribution is 7.26. The van der Waals surface area contributed by atoms with Crippen LogP contribution in [0, 0.1) is 0 Å². The summed E-state index contributed by atoms with van der Waals surface area (Å²) in [6.07, 6.45) is 0. The van der Waals surface area contributed by atoms with E-state index in [-0.39, 0.29) is 0 Å². The Morgan fingerprint density at radius 2 is 0.915 bits per heavy atom. The highest BCUT2D eigenvalue weighted by Gasteiger charge is 2.23. The Labute approximate surface area is 352 Å². The zero-order valence-corrected chi connectivity index (χ0v) is 34.7. The molecule has 0 aliphatic rings. The van der Waals surface area contributed by atoms with E-state index in [0.717, 1.165) is 27.9 Å². The van der Waals surface area contributed by atoms with Gasteiger partial charge in [-0.1, -0.05) is 138 Å². The molecule has 0 aliphatic carbocycles. The van der Waals surface area contributed by atoms with Gasteiger partial charge in [0.1, 0.15) is 50.6 Å². The molecule has 0 N–H and O–H groups in total. The van der Waals surface area contributed by atoms with Gasteiger partial charge in [0.15, 0.2) is 0 Å². The number of furan rings is 1. The number of benzene rings is 9. The van der Waals surface area contributed by atoms with E-state index in [2.05, 4.69) is 203 Å². The largest absolute Gasteiger partial charge is 0.456 e. The first-order valence-corrected chi connectivity index (χ1v) is 21.3. The molecule has 0 fully saturated rings. The van der Waals surface area contributed by atoms with E-state index >= 15 is 0 Å². The SMILES string of the molecule is Bc1c(B)c(B)c(-c2c3ccccc3c(-c3cc(-c4ccc5oc(-c6ccccc6-c6ccccc6)cc5c4)cc4sc5ccccc5c34)c3ccccc23)c(B)c1B. The molecule has 0 aliphatic heterocycles. The van der Waals surface area contributed by atoms with Crippen LogP contribution >= 0.6 is 11.3 Å². The highest BCUT2D eigenvalue weighted by atomic mass is 32.1. The fourth-order valence-electron chi connectivity index (χ4n) is 9.70. The van der Waals surface area contributed by atoms with E-state index in [1.807, 2.05) is 11.3 Å². The average Bonchev–Trinajstić information content (AvgIpc) is 3.89. The molecule has 1 nitrogen and oxygen atoms in total. The summed E-state index contributed by atoms with van der Waals surface area (Å²) in [4.78, 5) is 0. The Morgan fingerprint density at radius 1 is 0.356 bits per heavy atom. The van der Waals surface area contributed by atoms with Gasteiger partial charge in [-0.2, -0.15) is 0 Å². The van der Waals surface area contributed by atoms with Crippen LogP contribution in [0.15, 0.2) is 168 Å². The highest BCUT2D eigenvalue weighted by Crippen LogP contribution is 2.49. The Morgan fingerprint density at radius 3 is 1.59 bits per heavy atom. The predicted molar refractivity (Wildman–Crippen MR) is 272 cm³/mol. The maximum atomic E-state index is 6.59. The third-order valence-corrected chi connectivity index (χ3v) is 14.2. The van der Waals surface area contributed by atoms with Crippen molar-refractivity contribution in [1.82, 2.24) is 0 Å². The molecule has 11 rings (SSSR count). The Kier molecular flexibility index (Phi) is 8.39. The van der Waals surface area contributed by atoms with Crippen molar-refractivity contribution < 1.29 is 4.42 Å². The first kappa shape index (κ1) is 35.7. The lowest BCUT2D eigenvalue weighted by molar-refractivity contribution is 0.632. The van der Waals surface area contributed by atoms with Crippen molar-refractivity contribution in [3.8, 4) is 55.8 Å². The fraction of sp³-hybridized carbons (Fsp3) is 0. The van der Waals surface area contributed by atoms with Crippen LogP contribution in [-0.4, -0.2) is 39.2 Å². The monoisotopic (exact) mass is 764 g/mol. The molecule has 7 heteroatoms. The minimum absolute atomic E-state index is 0.875. The van der Waals surface area contributed by atoms with Crippen LogP contribution in [0.1, 0.15) is 0 Å². The molecule has 272 valence electrons. The molecular formula is C52H37B5OS. The Hall–Kier alpha value is -6.42. The lowest BCUT2D eigenvalue weighted by atomic mass is 9.59. The van der Waals surface area contributed by atoms with Crippen molar-refractivity contribution in [3.63, 3.8) is 0 Å². The van der Waals surface area contributed by atoms with Crippen molar-refractivity contribution >= 4 is 131 Å². The zero-order valence-electron chi connectivity index (χ0n) is 33.9. The molecule has 2 heterocycles. The van der Waals surface area contributed by atoms with Gasteiger partial charge in [-0.05, 0) is 102 Å². The van der Waals surface area contributed by atoms with Gasteiger partial charge in [-0.25, -0.2) is 0 Å². The standard InChI is InChI=1S/C52H37B5OS/c53-48-47(49(54)51(56)52(57)50(48)55)46-36-18-8-6-16-34(36)44(35-17-7-9-19-37(35)46)39-25-30(27-43-45(39)38-20-10-11-21-42(38)59-43)29-22-23-40-31(24-29)26-41(58-40)33-15-5-4-14-32(33)28-12-2-1-3-13-28/h1-27H,53-57H2. The van der Waals surface area contributed by atoms with Crippen molar-refractivity contribution in [2.45, 2.75) is 0 Å². The molecule has 0 amide bonds. The van der Waals surface area contributed by atoms with Gasteiger partial charge in [0.05, 0.1) is 0 Å². The van der Waals surface area contributed by atoms with Crippen molar-refractivity contribution in [1.29, 1.82) is 0 Å². The zero-order chi connectivity index (χ0) is 39.9. The molecule has 0 saturated heterocycles. The molecule has 0 radical (unpaired) electrons. The number of rotatable bonds is 5. The average molecular weight is 764 g/mol. The number of hydrogen-bond acceptors (Lipinski definition) is 2. The molecule has 2 aromatic heterocycles. The van der Waals surface area contributed by atoms with E-state index < -0.39 is 0 Å². The van der Waals surface area contributed by atoms with Crippen LogP contribution < -0.4 is 27.3 Å². The van der Waals surface area contributed by atoms with Crippen LogP contribution in [0.25, 0.3) is 109 Å². The molecular weight excluding hydrogens is 727 g/mol. The van der Waals surface area contributed by atoms with Gasteiger partial charge in [-0.3, -0.25) is 0 Å². The summed E-state index contributed by atoms with van der Waals surface area (Å²) < 4.78 is 9.18. The van der Waals surface area contributed by atoms with Crippen LogP contribution in [0.3, 0.4) is 0 Å². The topological polar surface area (TPSA) is 13.1 Å². The van der Waals surface area contributed by atoms with Crippen LogP contribution in [0.4, 0.5) is 0 Å². The molecule has 0 bridgehead atoms. The van der Waals surface area contributed by atoms with Crippen molar-refractivity contribution in [2.24, 2.45) is 0 Å². The van der Waals surface area contributed by atoms with Crippen LogP contribution in [-0.2, 0) is 0 Å². The second-order valence-electron chi connectivity index (χ2n) is 16.1. The van der Waals surface area contributed by atoms with Crippen molar-refractivity contribution in [3.05, 3.63) is 164 Å². The lowest BCUT2D eigenvalue weighted by Gasteiger charge is -2.24. The predicted octanol–water partition coefficient (Wildman–Crippen LogP) is 6.73. The summed E-state index contributed by atoms with van der Waals surface area (Å²) in [6.45, 7) is 0. The minimum Gasteiger partial charge on any atom is -0.456 e. The molecule has 9 aromatic carbocycles. The van der Waals surface area contributed by atoms with Gasteiger partial charge in [0.2, 0.25) is 0 Å².